The number of carboxylic acids is 1. The van der Waals surface area contributed by atoms with Gasteiger partial charge in [-0.15, -0.1) is 0 Å². The third-order valence-electron chi connectivity index (χ3n) is 2.94. The molecule has 0 fully saturated rings. The maximum atomic E-state index is 14.0. The van der Waals surface area contributed by atoms with Crippen molar-refractivity contribution in [3.63, 3.8) is 0 Å². The number of halogens is 2. The molecule has 0 aliphatic carbocycles. The quantitative estimate of drug-likeness (QED) is 0.785. The summed E-state index contributed by atoms with van der Waals surface area (Å²) >= 11 is 0. The van der Waals surface area contributed by atoms with Gasteiger partial charge in [0.25, 0.3) is 0 Å². The lowest BCUT2D eigenvalue weighted by molar-refractivity contribution is -0.131. The summed E-state index contributed by atoms with van der Waals surface area (Å²) in [6.07, 6.45) is 2.78. The first-order valence-corrected chi connectivity index (χ1v) is 6.57. The molecule has 4 nitrogen and oxygen atoms in total. The number of carboxylic acid groups (broad SMARTS) is 1. The van der Waals surface area contributed by atoms with Crippen molar-refractivity contribution in [2.45, 2.75) is 6.42 Å². The average molecular weight is 298 g/mol. The minimum atomic E-state index is -1.17. The van der Waals surface area contributed by atoms with Crippen molar-refractivity contribution in [2.24, 2.45) is 0 Å². The second kappa shape index (κ2) is 7.73. The lowest BCUT2D eigenvalue weighted by atomic mass is 10.1. The van der Waals surface area contributed by atoms with Crippen molar-refractivity contribution in [1.82, 2.24) is 4.90 Å². The highest BCUT2D eigenvalue weighted by molar-refractivity contribution is 5.85. The van der Waals surface area contributed by atoms with E-state index in [1.54, 1.807) is 7.05 Å². The van der Waals surface area contributed by atoms with Gasteiger partial charge in [-0.2, -0.15) is 0 Å². The average Bonchev–Trinajstić information content (AvgIpc) is 2.35. The van der Waals surface area contributed by atoms with Gasteiger partial charge in [0.1, 0.15) is 17.3 Å². The Morgan fingerprint density at radius 3 is 2.24 bits per heavy atom. The molecule has 1 aromatic carbocycles. The van der Waals surface area contributed by atoms with E-state index < -0.39 is 17.6 Å². The van der Waals surface area contributed by atoms with Crippen LogP contribution in [0.5, 0.6) is 0 Å². The van der Waals surface area contributed by atoms with Crippen LogP contribution >= 0.6 is 0 Å². The van der Waals surface area contributed by atoms with Crippen LogP contribution in [0.3, 0.4) is 0 Å². The van der Waals surface area contributed by atoms with Crippen LogP contribution in [0.4, 0.5) is 14.5 Å². The molecule has 0 aliphatic heterocycles. The summed E-state index contributed by atoms with van der Waals surface area (Å²) in [5, 5.41) is 8.51. The Balaban J connectivity index is 2.86. The van der Waals surface area contributed by atoms with Crippen molar-refractivity contribution >= 4 is 17.7 Å². The fraction of sp³-hybridized carbons (Fsp3) is 0.400. The topological polar surface area (TPSA) is 43.8 Å². The van der Waals surface area contributed by atoms with E-state index in [2.05, 4.69) is 0 Å². The van der Waals surface area contributed by atoms with Gasteiger partial charge in [0, 0.05) is 19.7 Å². The number of rotatable bonds is 7. The molecule has 0 amide bonds. The highest BCUT2D eigenvalue weighted by atomic mass is 19.1. The SMILES string of the molecule is CN(C)CCCN(C)c1c(F)cc(C=CC(=O)O)cc1F. The molecule has 0 radical (unpaired) electrons. The van der Waals surface area contributed by atoms with Gasteiger partial charge in [0.15, 0.2) is 0 Å². The highest BCUT2D eigenvalue weighted by Crippen LogP contribution is 2.24. The molecule has 0 unspecified atom stereocenters. The Hall–Kier alpha value is -1.95. The van der Waals surface area contributed by atoms with E-state index >= 15 is 0 Å². The first-order valence-electron chi connectivity index (χ1n) is 6.57. The van der Waals surface area contributed by atoms with Crippen LogP contribution in [-0.2, 0) is 4.79 Å². The second-order valence-corrected chi connectivity index (χ2v) is 5.08. The van der Waals surface area contributed by atoms with E-state index in [0.29, 0.717) is 6.54 Å². The molecule has 1 aromatic rings. The fourth-order valence-corrected chi connectivity index (χ4v) is 1.95. The molecule has 1 N–H and O–H groups in total. The molecular weight excluding hydrogens is 278 g/mol. The summed E-state index contributed by atoms with van der Waals surface area (Å²) in [6, 6.07) is 2.25. The van der Waals surface area contributed by atoms with E-state index in [1.165, 1.54) is 4.90 Å². The third kappa shape index (κ3) is 5.51. The number of benzene rings is 1. The Labute approximate surface area is 123 Å². The largest absolute Gasteiger partial charge is 0.478 e. The van der Waals surface area contributed by atoms with Crippen molar-refractivity contribution < 1.29 is 18.7 Å². The minimum absolute atomic E-state index is 0.0961. The molecule has 116 valence electrons. The van der Waals surface area contributed by atoms with E-state index in [0.717, 1.165) is 37.3 Å². The van der Waals surface area contributed by atoms with Crippen LogP contribution < -0.4 is 4.90 Å². The van der Waals surface area contributed by atoms with Crippen LogP contribution in [0, 0.1) is 11.6 Å². The molecule has 0 heterocycles. The van der Waals surface area contributed by atoms with Crippen molar-refractivity contribution in [1.29, 1.82) is 0 Å². The first kappa shape index (κ1) is 17.1. The van der Waals surface area contributed by atoms with E-state index in [9.17, 15) is 13.6 Å². The van der Waals surface area contributed by atoms with Gasteiger partial charge >= 0.3 is 5.97 Å². The maximum absolute atomic E-state index is 14.0. The number of aliphatic carboxylic acids is 1. The van der Waals surface area contributed by atoms with Gasteiger partial charge in [-0.05, 0) is 50.8 Å². The normalized spacial score (nSPS) is 11.3. The van der Waals surface area contributed by atoms with Crippen LogP contribution in [-0.4, -0.2) is 50.2 Å². The fourth-order valence-electron chi connectivity index (χ4n) is 1.95. The van der Waals surface area contributed by atoms with Gasteiger partial charge in [-0.1, -0.05) is 0 Å². The standard InChI is InChI=1S/C15H20F2N2O2/c1-18(2)7-4-8-19(3)15-12(16)9-11(10-13(15)17)5-6-14(20)21/h5-6,9-10H,4,7-8H2,1-3H3,(H,20,21). The Kier molecular flexibility index (Phi) is 6.30. The molecule has 0 bridgehead atoms. The van der Waals surface area contributed by atoms with Gasteiger partial charge in [0.2, 0.25) is 0 Å². The zero-order chi connectivity index (χ0) is 16.0. The summed E-state index contributed by atoms with van der Waals surface area (Å²) in [5.74, 6) is -2.57. The Bertz CT molecular complexity index is 507. The number of nitrogens with zero attached hydrogens (tertiary/aromatic N) is 2. The van der Waals surface area contributed by atoms with Crippen LogP contribution in [0.15, 0.2) is 18.2 Å². The molecule has 1 rings (SSSR count). The van der Waals surface area contributed by atoms with Gasteiger partial charge < -0.3 is 14.9 Å². The van der Waals surface area contributed by atoms with Crippen molar-refractivity contribution in [2.75, 3.05) is 39.1 Å². The molecule has 21 heavy (non-hydrogen) atoms. The maximum Gasteiger partial charge on any atom is 0.328 e. The number of hydrogen-bond donors (Lipinski definition) is 1. The molecule has 0 atom stereocenters. The number of anilines is 1. The summed E-state index contributed by atoms with van der Waals surface area (Å²) in [6.45, 7) is 1.35. The predicted molar refractivity (Wildman–Crippen MR) is 79.5 cm³/mol. The molecule has 0 saturated heterocycles. The first-order chi connectivity index (χ1) is 9.81. The Morgan fingerprint density at radius 1 is 1.19 bits per heavy atom. The predicted octanol–water partition coefficient (Wildman–Crippen LogP) is 2.45. The third-order valence-corrected chi connectivity index (χ3v) is 2.94. The highest BCUT2D eigenvalue weighted by Gasteiger charge is 2.14. The summed E-state index contributed by atoms with van der Waals surface area (Å²) in [4.78, 5) is 13.9. The molecule has 0 aromatic heterocycles. The smallest absolute Gasteiger partial charge is 0.328 e. The van der Waals surface area contributed by atoms with Crippen molar-refractivity contribution in [3.05, 3.63) is 35.4 Å². The lowest BCUT2D eigenvalue weighted by Gasteiger charge is -2.21. The van der Waals surface area contributed by atoms with Crippen LogP contribution in [0.2, 0.25) is 0 Å². The molecule has 0 spiro atoms. The summed E-state index contributed by atoms with van der Waals surface area (Å²) in [7, 11) is 5.50. The number of hydrogen-bond acceptors (Lipinski definition) is 3. The monoisotopic (exact) mass is 298 g/mol. The summed E-state index contributed by atoms with van der Waals surface area (Å²) in [5.41, 5.74) is 0.0825. The molecular formula is C15H20F2N2O2. The van der Waals surface area contributed by atoms with Gasteiger partial charge in [-0.3, -0.25) is 0 Å². The zero-order valence-corrected chi connectivity index (χ0v) is 12.4. The van der Waals surface area contributed by atoms with E-state index in [1.807, 2.05) is 19.0 Å². The van der Waals surface area contributed by atoms with Crippen LogP contribution in [0.1, 0.15) is 12.0 Å². The Morgan fingerprint density at radius 2 is 1.76 bits per heavy atom. The van der Waals surface area contributed by atoms with Crippen molar-refractivity contribution in [3.8, 4) is 0 Å². The summed E-state index contributed by atoms with van der Waals surface area (Å²) < 4.78 is 28.0. The van der Waals surface area contributed by atoms with Crippen LogP contribution in [0.25, 0.3) is 6.08 Å². The molecule has 0 saturated carbocycles. The zero-order valence-electron chi connectivity index (χ0n) is 12.4. The van der Waals surface area contributed by atoms with Gasteiger partial charge in [0.05, 0.1) is 0 Å². The van der Waals surface area contributed by atoms with E-state index in [-0.39, 0.29) is 11.3 Å². The lowest BCUT2D eigenvalue weighted by Crippen LogP contribution is -2.25. The second-order valence-electron chi connectivity index (χ2n) is 5.08. The van der Waals surface area contributed by atoms with E-state index in [4.69, 9.17) is 5.11 Å². The number of carbonyl (C=O) groups is 1. The molecule has 0 aliphatic rings. The molecule has 6 heteroatoms. The minimum Gasteiger partial charge on any atom is -0.478 e. The van der Waals surface area contributed by atoms with Gasteiger partial charge in [-0.25, -0.2) is 13.6 Å².